The van der Waals surface area contributed by atoms with Crippen LogP contribution >= 0.6 is 11.6 Å². The fraction of sp³-hybridized carbons (Fsp3) is 0.333. The van der Waals surface area contributed by atoms with Gasteiger partial charge in [-0.1, -0.05) is 11.6 Å². The standard InChI is InChI=1S/C21H23ClN4O4S/c1-29-15-6-8-19(18(12-15)30-2)31(27,28)23-13-20-24-17-7-5-14(22)11-16(17)21(25-20)26-9-3-4-10-26/h5-8,11-12,23H,3-4,9-10,13H2,1-2H3. The van der Waals surface area contributed by atoms with E-state index in [1.165, 1.54) is 26.4 Å². The van der Waals surface area contributed by atoms with Gasteiger partial charge in [-0.3, -0.25) is 0 Å². The molecule has 10 heteroatoms. The molecule has 0 atom stereocenters. The highest BCUT2D eigenvalue weighted by atomic mass is 35.5. The molecule has 0 amide bonds. The monoisotopic (exact) mass is 462 g/mol. The van der Waals surface area contributed by atoms with Crippen LogP contribution in [0.25, 0.3) is 10.9 Å². The van der Waals surface area contributed by atoms with E-state index >= 15 is 0 Å². The minimum Gasteiger partial charge on any atom is -0.497 e. The fourth-order valence-corrected chi connectivity index (χ4v) is 4.92. The molecule has 0 spiro atoms. The fourth-order valence-electron chi connectivity index (χ4n) is 3.61. The summed E-state index contributed by atoms with van der Waals surface area (Å²) in [7, 11) is -0.950. The van der Waals surface area contributed by atoms with Gasteiger partial charge in [-0.2, -0.15) is 0 Å². The summed E-state index contributed by atoms with van der Waals surface area (Å²) in [6.07, 6.45) is 2.18. The number of methoxy groups -OCH3 is 2. The lowest BCUT2D eigenvalue weighted by Crippen LogP contribution is -2.26. The maximum atomic E-state index is 12.9. The first-order valence-corrected chi connectivity index (χ1v) is 11.7. The Kier molecular flexibility index (Phi) is 6.17. The minimum absolute atomic E-state index is 0.0168. The number of hydrogen-bond donors (Lipinski definition) is 1. The zero-order valence-electron chi connectivity index (χ0n) is 17.3. The van der Waals surface area contributed by atoms with Crippen molar-refractivity contribution in [2.45, 2.75) is 24.3 Å². The highest BCUT2D eigenvalue weighted by Gasteiger charge is 2.22. The number of halogens is 1. The summed E-state index contributed by atoms with van der Waals surface area (Å²) in [5, 5.41) is 1.47. The SMILES string of the molecule is COc1ccc(S(=O)(=O)NCc2nc(N3CCCC3)c3cc(Cl)ccc3n2)c(OC)c1. The molecule has 164 valence electrons. The first-order valence-electron chi connectivity index (χ1n) is 9.84. The topological polar surface area (TPSA) is 93.7 Å². The van der Waals surface area contributed by atoms with Crippen LogP contribution < -0.4 is 19.1 Å². The summed E-state index contributed by atoms with van der Waals surface area (Å²) in [6.45, 7) is 1.73. The number of hydrogen-bond acceptors (Lipinski definition) is 7. The summed E-state index contributed by atoms with van der Waals surface area (Å²) in [6, 6.07) is 9.97. The maximum Gasteiger partial charge on any atom is 0.244 e. The molecular formula is C21H23ClN4O4S. The van der Waals surface area contributed by atoms with Gasteiger partial charge >= 0.3 is 0 Å². The lowest BCUT2D eigenvalue weighted by atomic mass is 10.2. The van der Waals surface area contributed by atoms with Crippen molar-refractivity contribution in [1.82, 2.24) is 14.7 Å². The van der Waals surface area contributed by atoms with Crippen LogP contribution in [0.3, 0.4) is 0 Å². The molecular weight excluding hydrogens is 440 g/mol. The Morgan fingerprint density at radius 1 is 1.06 bits per heavy atom. The number of ether oxygens (including phenoxy) is 2. The summed E-state index contributed by atoms with van der Waals surface area (Å²) in [5.41, 5.74) is 0.720. The Hall–Kier alpha value is -2.62. The van der Waals surface area contributed by atoms with Crippen molar-refractivity contribution in [2.75, 3.05) is 32.2 Å². The summed E-state index contributed by atoms with van der Waals surface area (Å²) >= 11 is 6.19. The Morgan fingerprint density at radius 2 is 1.84 bits per heavy atom. The molecule has 0 saturated carbocycles. The third kappa shape index (κ3) is 4.53. The van der Waals surface area contributed by atoms with Crippen molar-refractivity contribution in [3.05, 3.63) is 47.2 Å². The molecule has 1 fully saturated rings. The molecule has 1 N–H and O–H groups in total. The molecule has 1 aromatic heterocycles. The lowest BCUT2D eigenvalue weighted by molar-refractivity contribution is 0.386. The van der Waals surface area contributed by atoms with E-state index in [4.69, 9.17) is 21.1 Å². The Balaban J connectivity index is 1.65. The average molecular weight is 463 g/mol. The molecule has 1 aliphatic heterocycles. The molecule has 2 heterocycles. The predicted molar refractivity (Wildman–Crippen MR) is 120 cm³/mol. The van der Waals surface area contributed by atoms with E-state index in [0.717, 1.165) is 42.7 Å². The number of benzene rings is 2. The molecule has 0 unspecified atom stereocenters. The quantitative estimate of drug-likeness (QED) is 0.575. The Morgan fingerprint density at radius 3 is 2.55 bits per heavy atom. The molecule has 4 rings (SSSR count). The van der Waals surface area contributed by atoms with Gasteiger partial charge < -0.3 is 14.4 Å². The maximum absolute atomic E-state index is 12.9. The normalized spacial score (nSPS) is 14.2. The van der Waals surface area contributed by atoms with E-state index in [0.29, 0.717) is 16.6 Å². The lowest BCUT2D eigenvalue weighted by Gasteiger charge is -2.19. The molecule has 1 saturated heterocycles. The zero-order chi connectivity index (χ0) is 22.0. The Labute approximate surface area is 186 Å². The third-order valence-electron chi connectivity index (χ3n) is 5.17. The zero-order valence-corrected chi connectivity index (χ0v) is 18.8. The van der Waals surface area contributed by atoms with E-state index in [9.17, 15) is 8.42 Å². The van der Waals surface area contributed by atoms with Gasteiger partial charge in [0.1, 0.15) is 28.0 Å². The highest BCUT2D eigenvalue weighted by molar-refractivity contribution is 7.89. The van der Waals surface area contributed by atoms with Gasteiger partial charge in [0.2, 0.25) is 10.0 Å². The van der Waals surface area contributed by atoms with Crippen molar-refractivity contribution in [3.63, 3.8) is 0 Å². The van der Waals surface area contributed by atoms with Crippen molar-refractivity contribution in [1.29, 1.82) is 0 Å². The van der Waals surface area contributed by atoms with Gasteiger partial charge in [0.05, 0.1) is 26.3 Å². The van der Waals surface area contributed by atoms with Crippen LogP contribution in [-0.2, 0) is 16.6 Å². The van der Waals surface area contributed by atoms with E-state index in [1.807, 2.05) is 12.1 Å². The van der Waals surface area contributed by atoms with Crippen LogP contribution in [0, 0.1) is 0 Å². The van der Waals surface area contributed by atoms with Gasteiger partial charge in [-0.05, 0) is 43.2 Å². The molecule has 0 bridgehead atoms. The largest absolute Gasteiger partial charge is 0.497 e. The first-order chi connectivity index (χ1) is 14.9. The number of nitrogens with one attached hydrogen (secondary N) is 1. The van der Waals surface area contributed by atoms with E-state index in [1.54, 1.807) is 12.1 Å². The van der Waals surface area contributed by atoms with Crippen molar-refractivity contribution < 1.29 is 17.9 Å². The van der Waals surface area contributed by atoms with Crippen molar-refractivity contribution >= 4 is 38.3 Å². The molecule has 31 heavy (non-hydrogen) atoms. The van der Waals surface area contributed by atoms with E-state index in [2.05, 4.69) is 19.6 Å². The number of nitrogens with zero attached hydrogens (tertiary/aromatic N) is 3. The van der Waals surface area contributed by atoms with Gasteiger partial charge in [0.25, 0.3) is 0 Å². The van der Waals surface area contributed by atoms with E-state index in [-0.39, 0.29) is 17.2 Å². The molecule has 8 nitrogen and oxygen atoms in total. The van der Waals surface area contributed by atoms with Gasteiger partial charge in [-0.15, -0.1) is 0 Å². The van der Waals surface area contributed by atoms with Crippen LogP contribution in [0.4, 0.5) is 5.82 Å². The molecule has 1 aliphatic rings. The van der Waals surface area contributed by atoms with E-state index < -0.39 is 10.0 Å². The van der Waals surface area contributed by atoms with Crippen molar-refractivity contribution in [2.24, 2.45) is 0 Å². The molecule has 0 radical (unpaired) electrons. The number of rotatable bonds is 7. The second-order valence-electron chi connectivity index (χ2n) is 7.16. The van der Waals surface area contributed by atoms with Gasteiger partial charge in [0.15, 0.2) is 0 Å². The van der Waals surface area contributed by atoms with Crippen LogP contribution in [0.5, 0.6) is 11.5 Å². The third-order valence-corrected chi connectivity index (χ3v) is 6.85. The minimum atomic E-state index is -3.86. The van der Waals surface area contributed by atoms with Crippen LogP contribution in [0.2, 0.25) is 5.02 Å². The van der Waals surface area contributed by atoms with Crippen LogP contribution in [0.15, 0.2) is 41.3 Å². The summed E-state index contributed by atoms with van der Waals surface area (Å²) < 4.78 is 38.8. The first kappa shape index (κ1) is 21.6. The van der Waals surface area contributed by atoms with Gasteiger partial charge in [-0.25, -0.2) is 23.1 Å². The van der Waals surface area contributed by atoms with Crippen molar-refractivity contribution in [3.8, 4) is 11.5 Å². The highest BCUT2D eigenvalue weighted by Crippen LogP contribution is 2.30. The van der Waals surface area contributed by atoms with Crippen LogP contribution in [0.1, 0.15) is 18.7 Å². The number of sulfonamides is 1. The second kappa shape index (κ2) is 8.86. The molecule has 2 aromatic carbocycles. The predicted octanol–water partition coefficient (Wildman–Crippen LogP) is 3.38. The number of aromatic nitrogens is 2. The van der Waals surface area contributed by atoms with Gasteiger partial charge in [0, 0.05) is 29.6 Å². The second-order valence-corrected chi connectivity index (χ2v) is 9.33. The number of anilines is 1. The van der Waals surface area contributed by atoms with Crippen LogP contribution in [-0.4, -0.2) is 45.7 Å². The molecule has 3 aromatic rings. The number of fused-ring (bicyclic) bond motifs is 1. The summed E-state index contributed by atoms with van der Waals surface area (Å²) in [5.74, 6) is 1.86. The molecule has 0 aliphatic carbocycles. The average Bonchev–Trinajstić information content (AvgIpc) is 3.31. The Bertz CT molecular complexity index is 1210. The smallest absolute Gasteiger partial charge is 0.244 e. The summed E-state index contributed by atoms with van der Waals surface area (Å²) in [4.78, 5) is 11.4.